The van der Waals surface area contributed by atoms with Gasteiger partial charge >= 0.3 is 5.97 Å². The second-order valence-corrected chi connectivity index (χ2v) is 9.14. The van der Waals surface area contributed by atoms with Crippen LogP contribution >= 0.6 is 0 Å². The number of piperazine rings is 1. The summed E-state index contributed by atoms with van der Waals surface area (Å²) in [5.74, 6) is -1.10. The Morgan fingerprint density at radius 1 is 1.06 bits per heavy atom. The maximum absolute atomic E-state index is 14.0. The van der Waals surface area contributed by atoms with Crippen molar-refractivity contribution < 1.29 is 26.8 Å². The van der Waals surface area contributed by atoms with Gasteiger partial charge < -0.3 is 9.15 Å². The first-order valence-corrected chi connectivity index (χ1v) is 11.5. The summed E-state index contributed by atoms with van der Waals surface area (Å²) in [6, 6.07) is 12.8. The van der Waals surface area contributed by atoms with Crippen molar-refractivity contribution >= 4 is 27.0 Å². The SMILES string of the molecule is CCOC(=O)c1oc2ccccc2c1CN1CCN(S(=O)(=O)c2ccccc2F)CC1. The Kier molecular flexibility index (Phi) is 6.08. The molecule has 9 heteroatoms. The van der Waals surface area contributed by atoms with E-state index in [0.29, 0.717) is 25.2 Å². The first-order valence-electron chi connectivity index (χ1n) is 10.1. The maximum Gasteiger partial charge on any atom is 0.374 e. The average Bonchev–Trinajstić information content (AvgIpc) is 3.13. The van der Waals surface area contributed by atoms with Crippen molar-refractivity contribution in [3.63, 3.8) is 0 Å². The van der Waals surface area contributed by atoms with Crippen molar-refractivity contribution in [3.8, 4) is 0 Å². The van der Waals surface area contributed by atoms with Crippen molar-refractivity contribution in [2.24, 2.45) is 0 Å². The van der Waals surface area contributed by atoms with Crippen LogP contribution in [-0.2, 0) is 21.3 Å². The van der Waals surface area contributed by atoms with Gasteiger partial charge in [-0.15, -0.1) is 0 Å². The summed E-state index contributed by atoms with van der Waals surface area (Å²) in [5.41, 5.74) is 1.32. The van der Waals surface area contributed by atoms with Gasteiger partial charge in [0, 0.05) is 43.7 Å². The highest BCUT2D eigenvalue weighted by Gasteiger charge is 2.31. The van der Waals surface area contributed by atoms with Gasteiger partial charge in [-0.1, -0.05) is 30.3 Å². The van der Waals surface area contributed by atoms with Crippen LogP contribution in [0, 0.1) is 5.82 Å². The Balaban J connectivity index is 1.52. The topological polar surface area (TPSA) is 80.1 Å². The summed E-state index contributed by atoms with van der Waals surface area (Å²) >= 11 is 0. The Morgan fingerprint density at radius 3 is 2.45 bits per heavy atom. The molecule has 0 saturated carbocycles. The second-order valence-electron chi connectivity index (χ2n) is 7.24. The molecule has 0 unspecified atom stereocenters. The van der Waals surface area contributed by atoms with Crippen LogP contribution in [0.25, 0.3) is 11.0 Å². The van der Waals surface area contributed by atoms with Gasteiger partial charge in [0.2, 0.25) is 15.8 Å². The zero-order chi connectivity index (χ0) is 22.0. The van der Waals surface area contributed by atoms with Crippen LogP contribution in [0.2, 0.25) is 0 Å². The van der Waals surface area contributed by atoms with Crippen molar-refractivity contribution in [1.29, 1.82) is 0 Å². The smallest absolute Gasteiger partial charge is 0.374 e. The standard InChI is InChI=1S/C22H23FN2O5S/c1-2-29-22(26)21-17(16-7-3-5-9-19(16)30-21)15-24-11-13-25(14-12-24)31(27,28)20-10-6-4-8-18(20)23/h3-10H,2,11-15H2,1H3. The van der Waals surface area contributed by atoms with Crippen molar-refractivity contribution in [3.05, 3.63) is 65.7 Å². The lowest BCUT2D eigenvalue weighted by Gasteiger charge is -2.34. The normalized spacial score (nSPS) is 15.9. The van der Waals surface area contributed by atoms with Gasteiger partial charge in [0.05, 0.1) is 6.61 Å². The fourth-order valence-corrected chi connectivity index (χ4v) is 5.25. The Labute approximate surface area is 180 Å². The number of ether oxygens (including phenoxy) is 1. The number of nitrogens with zero attached hydrogens (tertiary/aromatic N) is 2. The number of carbonyl (C=O) groups is 1. The maximum atomic E-state index is 14.0. The Hall–Kier alpha value is -2.75. The number of hydrogen-bond acceptors (Lipinski definition) is 6. The van der Waals surface area contributed by atoms with Crippen LogP contribution < -0.4 is 0 Å². The molecule has 0 amide bonds. The number of fused-ring (bicyclic) bond motifs is 1. The fraction of sp³-hybridized carbons (Fsp3) is 0.318. The molecule has 1 aliphatic rings. The van der Waals surface area contributed by atoms with E-state index in [1.165, 1.54) is 22.5 Å². The number of sulfonamides is 1. The second kappa shape index (κ2) is 8.78. The lowest BCUT2D eigenvalue weighted by Crippen LogP contribution is -2.48. The lowest BCUT2D eigenvalue weighted by atomic mass is 10.1. The molecule has 0 bridgehead atoms. The van der Waals surface area contributed by atoms with Crippen molar-refractivity contribution in [2.45, 2.75) is 18.4 Å². The summed E-state index contributed by atoms with van der Waals surface area (Å²) < 4.78 is 51.8. The molecule has 4 rings (SSSR count). The number of furan rings is 1. The molecule has 1 fully saturated rings. The molecule has 1 aromatic heterocycles. The molecule has 2 aromatic carbocycles. The molecule has 0 spiro atoms. The van der Waals surface area contributed by atoms with Crippen LogP contribution in [0.1, 0.15) is 23.0 Å². The number of hydrogen-bond donors (Lipinski definition) is 0. The summed E-state index contributed by atoms with van der Waals surface area (Å²) in [5, 5.41) is 0.826. The van der Waals surface area contributed by atoms with E-state index in [4.69, 9.17) is 9.15 Å². The highest BCUT2D eigenvalue weighted by molar-refractivity contribution is 7.89. The van der Waals surface area contributed by atoms with E-state index >= 15 is 0 Å². The lowest BCUT2D eigenvalue weighted by molar-refractivity contribution is 0.0488. The highest BCUT2D eigenvalue weighted by atomic mass is 32.2. The summed E-state index contributed by atoms with van der Waals surface area (Å²) in [7, 11) is -3.90. The first kappa shape index (κ1) is 21.5. The van der Waals surface area contributed by atoms with Gasteiger partial charge in [-0.3, -0.25) is 4.90 Å². The first-order chi connectivity index (χ1) is 14.9. The average molecular weight is 447 g/mol. The summed E-state index contributed by atoms with van der Waals surface area (Å²) in [4.78, 5) is 14.1. The Morgan fingerprint density at radius 2 is 1.74 bits per heavy atom. The molecule has 1 saturated heterocycles. The van der Waals surface area contributed by atoms with Crippen LogP contribution in [0.4, 0.5) is 4.39 Å². The largest absolute Gasteiger partial charge is 0.460 e. The molecule has 0 atom stereocenters. The molecule has 0 N–H and O–H groups in total. The molecule has 7 nitrogen and oxygen atoms in total. The molecule has 164 valence electrons. The quantitative estimate of drug-likeness (QED) is 0.541. The molecular weight excluding hydrogens is 423 g/mol. The number of halogens is 1. The van der Waals surface area contributed by atoms with Gasteiger partial charge in [0.15, 0.2) is 0 Å². The van der Waals surface area contributed by atoms with Gasteiger partial charge in [-0.2, -0.15) is 4.31 Å². The monoisotopic (exact) mass is 446 g/mol. The van der Waals surface area contributed by atoms with Crippen LogP contribution in [-0.4, -0.2) is 56.4 Å². The molecular formula is C22H23FN2O5S. The molecule has 0 radical (unpaired) electrons. The third kappa shape index (κ3) is 4.21. The molecule has 1 aliphatic heterocycles. The third-order valence-corrected chi connectivity index (χ3v) is 7.26. The van der Waals surface area contributed by atoms with Crippen LogP contribution in [0.3, 0.4) is 0 Å². The zero-order valence-electron chi connectivity index (χ0n) is 17.1. The van der Waals surface area contributed by atoms with E-state index in [1.807, 2.05) is 23.1 Å². The fourth-order valence-electron chi connectivity index (χ4n) is 3.76. The number of para-hydroxylation sites is 1. The van der Waals surface area contributed by atoms with E-state index in [2.05, 4.69) is 0 Å². The highest BCUT2D eigenvalue weighted by Crippen LogP contribution is 2.29. The number of rotatable bonds is 6. The van der Waals surface area contributed by atoms with Crippen molar-refractivity contribution in [2.75, 3.05) is 32.8 Å². The number of esters is 1. The molecule has 31 heavy (non-hydrogen) atoms. The molecule has 3 aromatic rings. The minimum absolute atomic E-state index is 0.171. The van der Waals surface area contributed by atoms with Crippen LogP contribution in [0.15, 0.2) is 57.8 Å². The van der Waals surface area contributed by atoms with E-state index in [1.54, 1.807) is 13.0 Å². The predicted octanol–water partition coefficient (Wildman–Crippen LogP) is 3.26. The van der Waals surface area contributed by atoms with Gasteiger partial charge in [0.1, 0.15) is 16.3 Å². The van der Waals surface area contributed by atoms with E-state index < -0.39 is 21.8 Å². The summed E-state index contributed by atoms with van der Waals surface area (Å²) in [6.07, 6.45) is 0. The Bertz CT molecular complexity index is 1200. The number of carbonyl (C=O) groups excluding carboxylic acids is 1. The molecule has 0 aliphatic carbocycles. The minimum Gasteiger partial charge on any atom is -0.460 e. The minimum atomic E-state index is -3.90. The van der Waals surface area contributed by atoms with Gasteiger partial charge in [0.25, 0.3) is 0 Å². The molecule has 2 heterocycles. The van der Waals surface area contributed by atoms with Gasteiger partial charge in [-0.25, -0.2) is 17.6 Å². The number of benzene rings is 2. The van der Waals surface area contributed by atoms with Crippen molar-refractivity contribution in [1.82, 2.24) is 9.21 Å². The summed E-state index contributed by atoms with van der Waals surface area (Å²) in [6.45, 7) is 3.71. The van der Waals surface area contributed by atoms with E-state index in [9.17, 15) is 17.6 Å². The van der Waals surface area contributed by atoms with E-state index in [0.717, 1.165) is 17.0 Å². The van der Waals surface area contributed by atoms with Crippen LogP contribution in [0.5, 0.6) is 0 Å². The predicted molar refractivity (Wildman–Crippen MR) is 113 cm³/mol. The van der Waals surface area contributed by atoms with E-state index in [-0.39, 0.29) is 30.4 Å². The third-order valence-electron chi connectivity index (χ3n) is 5.33. The zero-order valence-corrected chi connectivity index (χ0v) is 17.9. The van der Waals surface area contributed by atoms with Gasteiger partial charge in [-0.05, 0) is 25.1 Å².